The topological polar surface area (TPSA) is 0 Å². The summed E-state index contributed by atoms with van der Waals surface area (Å²) in [4.78, 5) is 0. The van der Waals surface area contributed by atoms with Crippen molar-refractivity contribution < 1.29 is 0 Å². The van der Waals surface area contributed by atoms with E-state index in [0.717, 1.165) is 19.9 Å². The first-order valence-electron chi connectivity index (χ1n) is 8.21. The molecule has 2 heterocycles. The predicted molar refractivity (Wildman–Crippen MR) is 101 cm³/mol. The molecule has 1 unspecified atom stereocenters. The van der Waals surface area contributed by atoms with Crippen LogP contribution in [0, 0.1) is 0 Å². The Balaban J connectivity index is 1.81. The van der Waals surface area contributed by atoms with Crippen molar-refractivity contribution in [2.75, 3.05) is 0 Å². The van der Waals surface area contributed by atoms with Gasteiger partial charge in [-0.05, 0) is 39.7 Å². The molecule has 0 nitrogen and oxygen atoms in total. The van der Waals surface area contributed by atoms with E-state index < -0.39 is 0 Å². The monoisotopic (exact) mass is 326 g/mol. The predicted octanol–water partition coefficient (Wildman–Crippen LogP) is 6.46. The molecule has 0 amide bonds. The lowest BCUT2D eigenvalue weighted by atomic mass is 9.98. The highest BCUT2D eigenvalue weighted by molar-refractivity contribution is 7.60. The molecule has 4 atom stereocenters. The molecule has 2 aliphatic rings. The van der Waals surface area contributed by atoms with Gasteiger partial charge in [0.25, 0.3) is 0 Å². The molecule has 2 aromatic carbocycles. The van der Waals surface area contributed by atoms with Crippen LogP contribution in [0.4, 0.5) is 0 Å². The van der Waals surface area contributed by atoms with Crippen molar-refractivity contribution in [2.24, 2.45) is 0 Å². The molecule has 0 spiro atoms. The van der Waals surface area contributed by atoms with E-state index in [4.69, 9.17) is 0 Å². The Morgan fingerprint density at radius 3 is 2.27 bits per heavy atom. The van der Waals surface area contributed by atoms with E-state index in [1.807, 2.05) is 0 Å². The largest absolute Gasteiger partial charge is 0.109 e. The van der Waals surface area contributed by atoms with Gasteiger partial charge in [-0.25, -0.2) is 0 Å². The molecule has 0 bridgehead atoms. The lowest BCUT2D eigenvalue weighted by molar-refractivity contribution is 0.758. The van der Waals surface area contributed by atoms with Gasteiger partial charge in [0.1, 0.15) is 0 Å². The molecule has 2 heteroatoms. The van der Waals surface area contributed by atoms with E-state index in [1.165, 1.54) is 12.3 Å². The van der Waals surface area contributed by atoms with Gasteiger partial charge in [0.2, 0.25) is 0 Å². The van der Waals surface area contributed by atoms with Crippen LogP contribution in [0.3, 0.4) is 0 Å². The molecule has 0 N–H and O–H groups in total. The fourth-order valence-electron chi connectivity index (χ4n) is 4.04. The third kappa shape index (κ3) is 2.36. The summed E-state index contributed by atoms with van der Waals surface area (Å²) in [5.41, 5.74) is 8.09. The number of rotatable bonds is 1. The summed E-state index contributed by atoms with van der Waals surface area (Å²) in [5.74, 6) is 0. The first-order valence-corrected chi connectivity index (χ1v) is 11.1. The van der Waals surface area contributed by atoms with Crippen molar-refractivity contribution in [3.05, 3.63) is 70.8 Å². The zero-order chi connectivity index (χ0) is 15.3. The fraction of sp³-hybridized carbons (Fsp3) is 0.400. The van der Waals surface area contributed by atoms with Crippen molar-refractivity contribution in [2.45, 2.75) is 49.6 Å². The third-order valence-electron chi connectivity index (χ3n) is 5.13. The molecule has 0 aliphatic carbocycles. The number of benzene rings is 2. The molecule has 2 aromatic rings. The highest BCUT2D eigenvalue weighted by Crippen LogP contribution is 2.74. The number of fused-ring (bicyclic) bond motifs is 2. The smallest absolute Gasteiger partial charge is 0.0158 e. The average Bonchev–Trinajstić information content (AvgIpc) is 3.07. The van der Waals surface area contributed by atoms with Crippen molar-refractivity contribution >= 4 is 16.5 Å². The van der Waals surface area contributed by atoms with Crippen molar-refractivity contribution in [3.8, 4) is 0 Å². The standard InChI is InChI=1S/C20H24P2/c1-20(2,3)22-13-15-9-5-7-11-17(15)19(22)18-16-10-6-4-8-14(16)12-21-18/h4-11,18-19,21H,12-13H2,1-3H3/t18-,19-,22+/m1/s1. The van der Waals surface area contributed by atoms with Crippen LogP contribution in [0.1, 0.15) is 54.3 Å². The summed E-state index contributed by atoms with van der Waals surface area (Å²) in [6, 6.07) is 18.5. The van der Waals surface area contributed by atoms with Crippen LogP contribution in [-0.4, -0.2) is 5.16 Å². The molecule has 114 valence electrons. The summed E-state index contributed by atoms with van der Waals surface area (Å²) in [7, 11) is 1.06. The van der Waals surface area contributed by atoms with Crippen molar-refractivity contribution in [1.29, 1.82) is 0 Å². The molecule has 0 saturated heterocycles. The van der Waals surface area contributed by atoms with Crippen LogP contribution in [0.5, 0.6) is 0 Å². The van der Waals surface area contributed by atoms with E-state index in [1.54, 1.807) is 22.3 Å². The lowest BCUT2D eigenvalue weighted by Gasteiger charge is -2.36. The molecule has 4 rings (SSSR count). The average molecular weight is 326 g/mol. The molecule has 0 fully saturated rings. The van der Waals surface area contributed by atoms with Gasteiger partial charge in [-0.3, -0.25) is 0 Å². The maximum atomic E-state index is 2.46. The highest BCUT2D eigenvalue weighted by Gasteiger charge is 2.44. The first-order chi connectivity index (χ1) is 10.6. The Morgan fingerprint density at radius 1 is 0.909 bits per heavy atom. The van der Waals surface area contributed by atoms with Gasteiger partial charge in [-0.1, -0.05) is 77.2 Å². The molecule has 0 saturated carbocycles. The van der Waals surface area contributed by atoms with Gasteiger partial charge in [-0.2, -0.15) is 0 Å². The Hall–Kier alpha value is -0.700. The molecule has 0 radical (unpaired) electrons. The second kappa shape index (κ2) is 5.43. The van der Waals surface area contributed by atoms with E-state index >= 15 is 0 Å². The number of hydrogen-bond acceptors (Lipinski definition) is 0. The minimum absolute atomic E-state index is 0.00498. The van der Waals surface area contributed by atoms with Gasteiger partial charge in [0.05, 0.1) is 0 Å². The van der Waals surface area contributed by atoms with Gasteiger partial charge in [-0.15, -0.1) is 8.58 Å². The second-order valence-electron chi connectivity index (χ2n) is 7.50. The van der Waals surface area contributed by atoms with E-state index in [9.17, 15) is 0 Å². The summed E-state index contributed by atoms with van der Waals surface area (Å²) in [6.07, 6.45) is 2.62. The molecular formula is C20H24P2. The van der Waals surface area contributed by atoms with Crippen LogP contribution < -0.4 is 0 Å². The number of hydrogen-bond donors (Lipinski definition) is 0. The lowest BCUT2D eigenvalue weighted by Crippen LogP contribution is -2.16. The van der Waals surface area contributed by atoms with Gasteiger partial charge in [0, 0.05) is 11.3 Å². The summed E-state index contributed by atoms with van der Waals surface area (Å²) >= 11 is 0. The maximum Gasteiger partial charge on any atom is 0.0158 e. The van der Waals surface area contributed by atoms with Crippen LogP contribution in [0.15, 0.2) is 48.5 Å². The van der Waals surface area contributed by atoms with E-state index in [-0.39, 0.29) is 7.92 Å². The molecular weight excluding hydrogens is 302 g/mol. The first kappa shape index (κ1) is 14.9. The molecule has 2 aliphatic heterocycles. The summed E-state index contributed by atoms with van der Waals surface area (Å²) in [6.45, 7) is 7.38. The fourth-order valence-corrected chi connectivity index (χ4v) is 9.83. The third-order valence-corrected chi connectivity index (χ3v) is 10.7. The Bertz CT molecular complexity index is 699. The highest BCUT2D eigenvalue weighted by atomic mass is 31.1. The van der Waals surface area contributed by atoms with Crippen LogP contribution in [0.25, 0.3) is 0 Å². The zero-order valence-electron chi connectivity index (χ0n) is 13.6. The van der Waals surface area contributed by atoms with Crippen LogP contribution in [-0.2, 0) is 12.3 Å². The van der Waals surface area contributed by atoms with Crippen molar-refractivity contribution in [1.82, 2.24) is 0 Å². The van der Waals surface area contributed by atoms with Crippen LogP contribution in [0.2, 0.25) is 0 Å². The Kier molecular flexibility index (Phi) is 3.67. The minimum atomic E-state index is -0.00498. The zero-order valence-corrected chi connectivity index (χ0v) is 15.5. The quantitative estimate of drug-likeness (QED) is 0.528. The SMILES string of the molecule is CC(C)(C)[P@@]1Cc2ccccc2[C@@H]1[C@@H]1PCc2ccccc21. The normalized spacial score (nSPS) is 27.9. The molecule has 22 heavy (non-hydrogen) atoms. The Labute approximate surface area is 137 Å². The van der Waals surface area contributed by atoms with Crippen LogP contribution >= 0.6 is 16.5 Å². The van der Waals surface area contributed by atoms with Gasteiger partial charge < -0.3 is 0 Å². The minimum Gasteiger partial charge on any atom is -0.109 e. The molecule has 0 aromatic heterocycles. The van der Waals surface area contributed by atoms with E-state index in [0.29, 0.717) is 5.16 Å². The second-order valence-corrected chi connectivity index (χ2v) is 12.0. The van der Waals surface area contributed by atoms with Gasteiger partial charge in [0.15, 0.2) is 0 Å². The Morgan fingerprint density at radius 2 is 1.55 bits per heavy atom. The summed E-state index contributed by atoms with van der Waals surface area (Å²) in [5, 5.41) is 0.432. The van der Waals surface area contributed by atoms with E-state index in [2.05, 4.69) is 69.3 Å². The maximum absolute atomic E-state index is 2.46. The summed E-state index contributed by atoms with van der Waals surface area (Å²) < 4.78 is 0. The van der Waals surface area contributed by atoms with Crippen molar-refractivity contribution in [3.63, 3.8) is 0 Å². The van der Waals surface area contributed by atoms with Gasteiger partial charge >= 0.3 is 0 Å².